The lowest BCUT2D eigenvalue weighted by atomic mass is 9.98. The molecular formula is C19H30ClN3O5S3. The molecule has 3 rings (SSSR count). The van der Waals surface area contributed by atoms with Gasteiger partial charge in [-0.1, -0.05) is 0 Å². The number of nitrogens with one attached hydrogen (secondary N) is 1. The molecule has 8 nitrogen and oxygen atoms in total. The fourth-order valence-electron chi connectivity index (χ4n) is 3.83. The summed E-state index contributed by atoms with van der Waals surface area (Å²) in [5.41, 5.74) is 2.63. The Labute approximate surface area is 198 Å². The van der Waals surface area contributed by atoms with Crippen LogP contribution in [-0.4, -0.2) is 85.7 Å². The highest BCUT2D eigenvalue weighted by molar-refractivity contribution is 8.02. The molecule has 0 bridgehead atoms. The number of hydrogen-bond donors (Lipinski definition) is 2. The van der Waals surface area contributed by atoms with Crippen LogP contribution in [0.5, 0.6) is 0 Å². The standard InChI is InChI=1S/C19H29N3O5S3.ClH/c1-28-14-15-29-17-4-2-16(3-5-17)21-8-10-22(11-9-21)30(25,26)19(18(23)20-24)6-12-27-13-7-19;/h2-5,24H,6-15H2,1H3,(H,20,23);1H. The highest BCUT2D eigenvalue weighted by atomic mass is 35.5. The molecule has 0 aromatic heterocycles. The number of piperazine rings is 1. The average molecular weight is 512 g/mol. The summed E-state index contributed by atoms with van der Waals surface area (Å²) in [6.07, 6.45) is 2.18. The molecular weight excluding hydrogens is 482 g/mol. The van der Waals surface area contributed by atoms with Gasteiger partial charge in [0.2, 0.25) is 10.0 Å². The van der Waals surface area contributed by atoms with Gasteiger partial charge in [-0.05, 0) is 30.5 Å². The van der Waals surface area contributed by atoms with Crippen molar-refractivity contribution >= 4 is 57.5 Å². The summed E-state index contributed by atoms with van der Waals surface area (Å²) >= 11 is 3.66. The van der Waals surface area contributed by atoms with E-state index in [1.165, 1.54) is 9.20 Å². The molecule has 1 aromatic carbocycles. The molecule has 0 atom stereocenters. The van der Waals surface area contributed by atoms with Crippen molar-refractivity contribution in [3.8, 4) is 0 Å². The largest absolute Gasteiger partial charge is 0.381 e. The van der Waals surface area contributed by atoms with E-state index >= 15 is 0 Å². The lowest BCUT2D eigenvalue weighted by molar-refractivity contribution is -0.134. The number of carbonyl (C=O) groups excluding carboxylic acids is 1. The van der Waals surface area contributed by atoms with Gasteiger partial charge in [0, 0.05) is 74.3 Å². The maximum Gasteiger partial charge on any atom is 0.266 e. The third kappa shape index (κ3) is 5.82. The molecule has 2 N–H and O–H groups in total. The normalized spacial score (nSPS) is 19.5. The summed E-state index contributed by atoms with van der Waals surface area (Å²) in [5.74, 6) is 1.32. The molecule has 0 saturated carbocycles. The second kappa shape index (κ2) is 12.0. The second-order valence-electron chi connectivity index (χ2n) is 7.27. The minimum absolute atomic E-state index is 0. The summed E-state index contributed by atoms with van der Waals surface area (Å²) in [4.78, 5) is 15.7. The van der Waals surface area contributed by atoms with Crippen molar-refractivity contribution in [3.63, 3.8) is 0 Å². The number of sulfonamides is 1. The number of carbonyl (C=O) groups is 1. The van der Waals surface area contributed by atoms with Crippen LogP contribution in [0.15, 0.2) is 29.2 Å². The summed E-state index contributed by atoms with van der Waals surface area (Å²) in [5, 5.41) is 9.16. The number of rotatable bonds is 8. The third-order valence-electron chi connectivity index (χ3n) is 5.65. The zero-order chi connectivity index (χ0) is 21.6. The van der Waals surface area contributed by atoms with Crippen LogP contribution in [0.3, 0.4) is 0 Å². The molecule has 12 heteroatoms. The Hall–Kier alpha value is -0.690. The first-order valence-electron chi connectivity index (χ1n) is 9.93. The van der Waals surface area contributed by atoms with Crippen LogP contribution >= 0.6 is 35.9 Å². The lowest BCUT2D eigenvalue weighted by Crippen LogP contribution is -2.62. The third-order valence-corrected chi connectivity index (χ3v) is 10.2. The lowest BCUT2D eigenvalue weighted by Gasteiger charge is -2.42. The van der Waals surface area contributed by atoms with Crippen molar-refractivity contribution in [2.45, 2.75) is 22.5 Å². The van der Waals surface area contributed by atoms with Crippen molar-refractivity contribution in [2.24, 2.45) is 0 Å². The quantitative estimate of drug-likeness (QED) is 0.237. The molecule has 2 fully saturated rings. The first-order chi connectivity index (χ1) is 14.4. The van der Waals surface area contributed by atoms with Crippen LogP contribution in [-0.2, 0) is 19.6 Å². The van der Waals surface area contributed by atoms with Crippen molar-refractivity contribution < 1.29 is 23.2 Å². The van der Waals surface area contributed by atoms with Crippen molar-refractivity contribution in [1.82, 2.24) is 9.79 Å². The van der Waals surface area contributed by atoms with E-state index in [1.807, 2.05) is 23.5 Å². The van der Waals surface area contributed by atoms with Crippen LogP contribution in [0, 0.1) is 0 Å². The number of halogens is 1. The van der Waals surface area contributed by atoms with Crippen LogP contribution < -0.4 is 10.4 Å². The molecule has 0 spiro atoms. The van der Waals surface area contributed by atoms with Gasteiger partial charge in [0.25, 0.3) is 5.91 Å². The maximum atomic E-state index is 13.4. The van der Waals surface area contributed by atoms with Crippen LogP contribution in [0.2, 0.25) is 0 Å². The molecule has 176 valence electrons. The number of thioether (sulfide) groups is 2. The topological polar surface area (TPSA) is 99.2 Å². The molecule has 0 aliphatic carbocycles. The summed E-state index contributed by atoms with van der Waals surface area (Å²) in [6.45, 7) is 2.04. The van der Waals surface area contributed by atoms with Crippen molar-refractivity contribution in [1.29, 1.82) is 0 Å². The molecule has 0 radical (unpaired) electrons. The van der Waals surface area contributed by atoms with Crippen LogP contribution in [0.25, 0.3) is 0 Å². The molecule has 2 aliphatic rings. The summed E-state index contributed by atoms with van der Waals surface area (Å²) < 4.78 is 31.7. The Balaban J connectivity index is 0.00000341. The van der Waals surface area contributed by atoms with Crippen LogP contribution in [0.4, 0.5) is 5.69 Å². The number of benzene rings is 1. The second-order valence-corrected chi connectivity index (χ2v) is 11.7. The molecule has 2 heterocycles. The fraction of sp³-hybridized carbons (Fsp3) is 0.632. The van der Waals surface area contributed by atoms with Gasteiger partial charge in [-0.3, -0.25) is 10.0 Å². The molecule has 2 saturated heterocycles. The van der Waals surface area contributed by atoms with Gasteiger partial charge in [0.15, 0.2) is 4.75 Å². The first-order valence-corrected chi connectivity index (χ1v) is 13.8. The molecule has 1 aromatic rings. The first kappa shape index (κ1) is 26.6. The van der Waals surface area contributed by atoms with Crippen molar-refractivity contribution in [3.05, 3.63) is 24.3 Å². The number of nitrogens with zero attached hydrogens (tertiary/aromatic N) is 2. The molecule has 31 heavy (non-hydrogen) atoms. The molecule has 2 aliphatic heterocycles. The van der Waals surface area contributed by atoms with Gasteiger partial charge in [0.1, 0.15) is 0 Å². The van der Waals surface area contributed by atoms with E-state index in [-0.39, 0.29) is 38.5 Å². The Bertz CT molecular complexity index is 812. The number of ether oxygens (including phenoxy) is 1. The van der Waals surface area contributed by atoms with E-state index in [9.17, 15) is 13.2 Å². The van der Waals surface area contributed by atoms with Crippen molar-refractivity contribution in [2.75, 3.05) is 62.1 Å². The Morgan fingerprint density at radius 1 is 1.13 bits per heavy atom. The molecule has 1 amide bonds. The number of hydroxylamine groups is 1. The predicted molar refractivity (Wildman–Crippen MR) is 128 cm³/mol. The summed E-state index contributed by atoms with van der Waals surface area (Å²) in [6, 6.07) is 8.35. The Kier molecular flexibility index (Phi) is 10.3. The minimum Gasteiger partial charge on any atom is -0.381 e. The number of hydrogen-bond acceptors (Lipinski definition) is 8. The summed E-state index contributed by atoms with van der Waals surface area (Å²) in [7, 11) is -3.93. The van der Waals surface area contributed by atoms with Gasteiger partial charge < -0.3 is 9.64 Å². The van der Waals surface area contributed by atoms with Crippen LogP contribution in [0.1, 0.15) is 12.8 Å². The highest BCUT2D eigenvalue weighted by Gasteiger charge is 2.54. The van der Waals surface area contributed by atoms with E-state index < -0.39 is 20.7 Å². The van der Waals surface area contributed by atoms with E-state index in [0.29, 0.717) is 26.2 Å². The average Bonchev–Trinajstić information content (AvgIpc) is 2.79. The van der Waals surface area contributed by atoms with E-state index in [4.69, 9.17) is 9.94 Å². The number of amides is 1. The fourth-order valence-corrected chi connectivity index (χ4v) is 7.50. The predicted octanol–water partition coefficient (Wildman–Crippen LogP) is 2.07. The van der Waals surface area contributed by atoms with E-state index in [0.717, 1.165) is 17.2 Å². The van der Waals surface area contributed by atoms with E-state index in [1.54, 1.807) is 5.48 Å². The Morgan fingerprint density at radius 3 is 2.29 bits per heavy atom. The minimum atomic E-state index is -3.93. The highest BCUT2D eigenvalue weighted by Crippen LogP contribution is 2.34. The van der Waals surface area contributed by atoms with Gasteiger partial charge in [-0.15, -0.1) is 24.2 Å². The van der Waals surface area contributed by atoms with Gasteiger partial charge in [-0.2, -0.15) is 16.1 Å². The maximum absolute atomic E-state index is 13.4. The monoisotopic (exact) mass is 511 g/mol. The molecule has 0 unspecified atom stereocenters. The SMILES string of the molecule is CSCCSc1ccc(N2CCN(S(=O)(=O)C3(C(=O)NO)CCOCC3)CC2)cc1.Cl. The smallest absolute Gasteiger partial charge is 0.266 e. The zero-order valence-electron chi connectivity index (χ0n) is 17.5. The van der Waals surface area contributed by atoms with E-state index in [2.05, 4.69) is 35.4 Å². The van der Waals surface area contributed by atoms with Gasteiger partial charge in [-0.25, -0.2) is 13.9 Å². The van der Waals surface area contributed by atoms with Gasteiger partial charge >= 0.3 is 0 Å². The Morgan fingerprint density at radius 2 is 1.74 bits per heavy atom. The van der Waals surface area contributed by atoms with Gasteiger partial charge in [0.05, 0.1) is 0 Å². The zero-order valence-corrected chi connectivity index (χ0v) is 20.8. The number of anilines is 1.